The summed E-state index contributed by atoms with van der Waals surface area (Å²) >= 11 is 0. The summed E-state index contributed by atoms with van der Waals surface area (Å²) in [5, 5.41) is 9.05. The average Bonchev–Trinajstić information content (AvgIpc) is 2.63. The minimum atomic E-state index is -3.52. The van der Waals surface area contributed by atoms with E-state index >= 15 is 0 Å². The number of nitrogens with zero attached hydrogens (tertiary/aromatic N) is 1. The highest BCUT2D eigenvalue weighted by Gasteiger charge is 2.22. The van der Waals surface area contributed by atoms with Gasteiger partial charge >= 0.3 is 0 Å². The SMILES string of the molecule is O=S(=O)(NC1CCCCC1)c1ccc(-c2cccc(CCO)c2)nc1. The summed E-state index contributed by atoms with van der Waals surface area (Å²) in [6, 6.07) is 11.1. The van der Waals surface area contributed by atoms with E-state index in [1.165, 1.54) is 12.6 Å². The van der Waals surface area contributed by atoms with Gasteiger partial charge in [-0.1, -0.05) is 37.5 Å². The molecule has 134 valence electrons. The predicted molar refractivity (Wildman–Crippen MR) is 97.7 cm³/mol. The van der Waals surface area contributed by atoms with Crippen molar-refractivity contribution in [3.8, 4) is 11.3 Å². The van der Waals surface area contributed by atoms with Gasteiger partial charge in [-0.15, -0.1) is 0 Å². The van der Waals surface area contributed by atoms with Crippen LogP contribution in [0, 0.1) is 0 Å². The molecular formula is C19H24N2O3S. The van der Waals surface area contributed by atoms with E-state index in [1.807, 2.05) is 24.3 Å². The summed E-state index contributed by atoms with van der Waals surface area (Å²) in [7, 11) is -3.52. The topological polar surface area (TPSA) is 79.3 Å². The number of nitrogens with one attached hydrogen (secondary N) is 1. The molecule has 2 N–H and O–H groups in total. The third kappa shape index (κ3) is 4.66. The lowest BCUT2D eigenvalue weighted by Gasteiger charge is -2.22. The van der Waals surface area contributed by atoms with Gasteiger partial charge in [0.05, 0.1) is 5.69 Å². The van der Waals surface area contributed by atoms with E-state index in [0.29, 0.717) is 6.42 Å². The van der Waals surface area contributed by atoms with E-state index in [9.17, 15) is 8.42 Å². The van der Waals surface area contributed by atoms with Crippen molar-refractivity contribution in [1.82, 2.24) is 9.71 Å². The second-order valence-corrected chi connectivity index (χ2v) is 8.22. The summed E-state index contributed by atoms with van der Waals surface area (Å²) in [4.78, 5) is 4.53. The number of pyridine rings is 1. The van der Waals surface area contributed by atoms with E-state index in [1.54, 1.807) is 12.1 Å². The molecule has 0 radical (unpaired) electrons. The van der Waals surface area contributed by atoms with Crippen LogP contribution in [0.3, 0.4) is 0 Å². The molecule has 1 aromatic carbocycles. The highest BCUT2D eigenvalue weighted by atomic mass is 32.2. The molecule has 1 heterocycles. The summed E-state index contributed by atoms with van der Waals surface area (Å²) in [6.45, 7) is 0.0981. The van der Waals surface area contributed by atoms with Gasteiger partial charge in [-0.05, 0) is 43.0 Å². The summed E-state index contributed by atoms with van der Waals surface area (Å²) in [6.07, 6.45) is 7.16. The molecule has 1 saturated carbocycles. The number of aliphatic hydroxyl groups is 1. The van der Waals surface area contributed by atoms with Crippen LogP contribution < -0.4 is 4.72 Å². The summed E-state index contributed by atoms with van der Waals surface area (Å²) in [5.41, 5.74) is 2.66. The van der Waals surface area contributed by atoms with Crippen LogP contribution in [0.1, 0.15) is 37.7 Å². The van der Waals surface area contributed by atoms with Crippen LogP contribution in [0.4, 0.5) is 0 Å². The molecule has 1 aliphatic rings. The van der Waals surface area contributed by atoms with Gasteiger partial charge in [0.25, 0.3) is 0 Å². The Morgan fingerprint density at radius 2 is 1.92 bits per heavy atom. The quantitative estimate of drug-likeness (QED) is 0.830. The lowest BCUT2D eigenvalue weighted by molar-refractivity contribution is 0.299. The molecule has 2 aromatic rings. The molecule has 25 heavy (non-hydrogen) atoms. The fourth-order valence-electron chi connectivity index (χ4n) is 3.23. The molecule has 0 unspecified atom stereocenters. The summed E-state index contributed by atoms with van der Waals surface area (Å²) < 4.78 is 27.8. The second-order valence-electron chi connectivity index (χ2n) is 6.51. The lowest BCUT2D eigenvalue weighted by Crippen LogP contribution is -2.36. The zero-order chi connectivity index (χ0) is 17.7. The maximum atomic E-state index is 12.5. The molecule has 0 amide bonds. The number of hydrogen-bond acceptors (Lipinski definition) is 4. The summed E-state index contributed by atoms with van der Waals surface area (Å²) in [5.74, 6) is 0. The number of aliphatic hydroxyl groups excluding tert-OH is 1. The maximum Gasteiger partial charge on any atom is 0.242 e. The Bertz CT molecular complexity index is 798. The molecule has 5 nitrogen and oxygen atoms in total. The minimum absolute atomic E-state index is 0.0357. The molecule has 0 atom stereocenters. The third-order valence-corrected chi connectivity index (χ3v) is 6.10. The van der Waals surface area contributed by atoms with Crippen molar-refractivity contribution in [2.75, 3.05) is 6.61 Å². The van der Waals surface area contributed by atoms with Gasteiger partial charge in [0.2, 0.25) is 10.0 Å². The molecule has 3 rings (SSSR count). The lowest BCUT2D eigenvalue weighted by atomic mass is 9.96. The van der Waals surface area contributed by atoms with Crippen molar-refractivity contribution in [3.63, 3.8) is 0 Å². The normalized spacial score (nSPS) is 16.0. The van der Waals surface area contributed by atoms with E-state index < -0.39 is 10.0 Å². The highest BCUT2D eigenvalue weighted by molar-refractivity contribution is 7.89. The first kappa shape index (κ1) is 18.0. The average molecular weight is 360 g/mol. The Kier molecular flexibility index (Phi) is 5.83. The van der Waals surface area contributed by atoms with Gasteiger partial charge < -0.3 is 5.11 Å². The van der Waals surface area contributed by atoms with Crippen LogP contribution in [0.25, 0.3) is 11.3 Å². The predicted octanol–water partition coefficient (Wildman–Crippen LogP) is 2.89. The zero-order valence-corrected chi connectivity index (χ0v) is 15.0. The molecular weight excluding hydrogens is 336 g/mol. The monoisotopic (exact) mass is 360 g/mol. The third-order valence-electron chi connectivity index (χ3n) is 4.60. The fourth-order valence-corrected chi connectivity index (χ4v) is 4.48. The molecule has 0 aliphatic heterocycles. The molecule has 6 heteroatoms. The van der Waals surface area contributed by atoms with E-state index in [-0.39, 0.29) is 17.5 Å². The first-order valence-corrected chi connectivity index (χ1v) is 10.3. The zero-order valence-electron chi connectivity index (χ0n) is 14.2. The van der Waals surface area contributed by atoms with Crippen molar-refractivity contribution in [3.05, 3.63) is 48.2 Å². The van der Waals surface area contributed by atoms with Crippen LogP contribution in [0.15, 0.2) is 47.5 Å². The van der Waals surface area contributed by atoms with Crippen molar-refractivity contribution in [1.29, 1.82) is 0 Å². The number of hydrogen-bond donors (Lipinski definition) is 2. The Morgan fingerprint density at radius 1 is 1.12 bits per heavy atom. The first-order valence-electron chi connectivity index (χ1n) is 8.77. The smallest absolute Gasteiger partial charge is 0.242 e. The Hall–Kier alpha value is -1.76. The van der Waals surface area contributed by atoms with Crippen LogP contribution in [-0.4, -0.2) is 31.2 Å². The van der Waals surface area contributed by atoms with Gasteiger partial charge in [0, 0.05) is 24.4 Å². The van der Waals surface area contributed by atoms with E-state index in [4.69, 9.17) is 5.11 Å². The molecule has 0 saturated heterocycles. The molecule has 1 aromatic heterocycles. The number of benzene rings is 1. The van der Waals surface area contributed by atoms with Crippen LogP contribution in [0.2, 0.25) is 0 Å². The van der Waals surface area contributed by atoms with Crippen molar-refractivity contribution < 1.29 is 13.5 Å². The van der Waals surface area contributed by atoms with Gasteiger partial charge in [-0.2, -0.15) is 0 Å². The van der Waals surface area contributed by atoms with Crippen LogP contribution in [-0.2, 0) is 16.4 Å². The first-order chi connectivity index (χ1) is 12.1. The van der Waals surface area contributed by atoms with Gasteiger partial charge in [0.15, 0.2) is 0 Å². The highest BCUT2D eigenvalue weighted by Crippen LogP contribution is 2.22. The minimum Gasteiger partial charge on any atom is -0.396 e. The molecule has 0 spiro atoms. The van der Waals surface area contributed by atoms with E-state index in [0.717, 1.165) is 42.5 Å². The molecule has 1 fully saturated rings. The fraction of sp³-hybridized carbons (Fsp3) is 0.421. The van der Waals surface area contributed by atoms with Gasteiger partial charge in [-0.25, -0.2) is 13.1 Å². The Morgan fingerprint density at radius 3 is 2.60 bits per heavy atom. The standard InChI is InChI=1S/C19H24N2O3S/c22-12-11-15-5-4-6-16(13-15)19-10-9-18(14-20-19)25(23,24)21-17-7-2-1-3-8-17/h4-6,9-10,13-14,17,21-22H,1-3,7-8,11-12H2. The van der Waals surface area contributed by atoms with Crippen LogP contribution >= 0.6 is 0 Å². The number of aromatic nitrogens is 1. The second kappa shape index (κ2) is 8.08. The van der Waals surface area contributed by atoms with Gasteiger partial charge in [0.1, 0.15) is 4.90 Å². The largest absolute Gasteiger partial charge is 0.396 e. The molecule has 0 bridgehead atoms. The maximum absolute atomic E-state index is 12.5. The van der Waals surface area contributed by atoms with Crippen molar-refractivity contribution in [2.45, 2.75) is 49.5 Å². The Labute approximate surface area is 149 Å². The van der Waals surface area contributed by atoms with E-state index in [2.05, 4.69) is 9.71 Å². The number of sulfonamides is 1. The number of rotatable bonds is 6. The van der Waals surface area contributed by atoms with Gasteiger partial charge in [-0.3, -0.25) is 4.98 Å². The van der Waals surface area contributed by atoms with Crippen LogP contribution in [0.5, 0.6) is 0 Å². The van der Waals surface area contributed by atoms with Crippen molar-refractivity contribution in [2.24, 2.45) is 0 Å². The Balaban J connectivity index is 1.76. The van der Waals surface area contributed by atoms with Crippen molar-refractivity contribution >= 4 is 10.0 Å². The molecule has 1 aliphatic carbocycles.